The van der Waals surface area contributed by atoms with Crippen LogP contribution in [0.5, 0.6) is 0 Å². The van der Waals surface area contributed by atoms with Gasteiger partial charge >= 0.3 is 5.97 Å². The van der Waals surface area contributed by atoms with Gasteiger partial charge in [-0.2, -0.15) is 0 Å². The molecule has 4 nitrogen and oxygen atoms in total. The number of halogens is 1. The zero-order chi connectivity index (χ0) is 17.5. The van der Waals surface area contributed by atoms with Crippen molar-refractivity contribution in [1.29, 1.82) is 0 Å². The highest BCUT2D eigenvalue weighted by Gasteiger charge is 2.17. The van der Waals surface area contributed by atoms with Gasteiger partial charge in [-0.25, -0.2) is 0 Å². The van der Waals surface area contributed by atoms with Gasteiger partial charge in [0.05, 0.1) is 0 Å². The fraction of sp³-hybridized carbons (Fsp3) is 0.222. The topological polar surface area (TPSA) is 55.4 Å². The van der Waals surface area contributed by atoms with Gasteiger partial charge < -0.3 is 10.1 Å². The number of benzene rings is 2. The summed E-state index contributed by atoms with van der Waals surface area (Å²) in [6, 6.07) is 14.8. The Morgan fingerprint density at radius 1 is 1.21 bits per heavy atom. The predicted octanol–water partition coefficient (Wildman–Crippen LogP) is 4.31. The van der Waals surface area contributed by atoms with Crippen molar-refractivity contribution in [2.45, 2.75) is 24.0 Å². The van der Waals surface area contributed by atoms with Crippen LogP contribution in [0.1, 0.15) is 12.5 Å². The van der Waals surface area contributed by atoms with E-state index in [1.165, 1.54) is 11.8 Å². The van der Waals surface area contributed by atoms with Crippen LogP contribution >= 0.6 is 23.4 Å². The number of hydrogen-bond acceptors (Lipinski definition) is 4. The number of aryl methyl sites for hydroxylation is 1. The third-order valence-corrected chi connectivity index (χ3v) is 4.53. The standard InChI is InChI=1S/C18H18ClNO3S/c1-12-8-9-14(19)10-16(12)20-17(21)11-23-18(22)13(2)24-15-6-4-3-5-7-15/h3-10,13H,11H2,1-2H3,(H,20,21)/t13-/m1/s1. The number of carbonyl (C=O) groups is 2. The fourth-order valence-corrected chi connectivity index (χ4v) is 2.98. The van der Waals surface area contributed by atoms with Gasteiger partial charge in [0.2, 0.25) is 0 Å². The number of hydrogen-bond donors (Lipinski definition) is 1. The first-order valence-electron chi connectivity index (χ1n) is 7.40. The van der Waals surface area contributed by atoms with Crippen molar-refractivity contribution >= 4 is 40.9 Å². The average Bonchev–Trinajstić information content (AvgIpc) is 2.57. The van der Waals surface area contributed by atoms with Crippen molar-refractivity contribution in [3.05, 3.63) is 59.1 Å². The quantitative estimate of drug-likeness (QED) is 0.613. The maximum absolute atomic E-state index is 12.0. The van der Waals surface area contributed by atoms with Crippen LogP contribution in [-0.4, -0.2) is 23.7 Å². The summed E-state index contributed by atoms with van der Waals surface area (Å²) < 4.78 is 5.08. The summed E-state index contributed by atoms with van der Waals surface area (Å²) in [5.41, 5.74) is 1.49. The Kier molecular flexibility index (Phi) is 6.70. The maximum atomic E-state index is 12.0. The minimum Gasteiger partial charge on any atom is -0.455 e. The summed E-state index contributed by atoms with van der Waals surface area (Å²) in [4.78, 5) is 24.9. The van der Waals surface area contributed by atoms with E-state index in [9.17, 15) is 9.59 Å². The van der Waals surface area contributed by atoms with E-state index in [2.05, 4.69) is 5.32 Å². The van der Waals surface area contributed by atoms with Crippen molar-refractivity contribution in [2.75, 3.05) is 11.9 Å². The lowest BCUT2D eigenvalue weighted by atomic mass is 10.2. The number of nitrogens with one attached hydrogen (secondary N) is 1. The van der Waals surface area contributed by atoms with Crippen LogP contribution in [0.3, 0.4) is 0 Å². The lowest BCUT2D eigenvalue weighted by Crippen LogP contribution is -2.25. The monoisotopic (exact) mass is 363 g/mol. The number of esters is 1. The third kappa shape index (κ3) is 5.58. The number of rotatable bonds is 6. The van der Waals surface area contributed by atoms with E-state index in [0.29, 0.717) is 10.7 Å². The number of carbonyl (C=O) groups excluding carboxylic acids is 2. The Morgan fingerprint density at radius 2 is 1.92 bits per heavy atom. The van der Waals surface area contributed by atoms with Gasteiger partial charge in [0, 0.05) is 15.6 Å². The van der Waals surface area contributed by atoms with Crippen LogP contribution in [0.4, 0.5) is 5.69 Å². The number of anilines is 1. The molecule has 0 radical (unpaired) electrons. The molecule has 1 amide bonds. The molecule has 1 atom stereocenters. The molecule has 1 N–H and O–H groups in total. The van der Waals surface area contributed by atoms with E-state index in [0.717, 1.165) is 10.5 Å². The lowest BCUT2D eigenvalue weighted by molar-refractivity contribution is -0.146. The van der Waals surface area contributed by atoms with Gasteiger partial charge in [0.1, 0.15) is 5.25 Å². The van der Waals surface area contributed by atoms with Gasteiger partial charge in [-0.1, -0.05) is 35.9 Å². The molecule has 0 fully saturated rings. The summed E-state index contributed by atoms with van der Waals surface area (Å²) in [5.74, 6) is -0.826. The molecule has 0 unspecified atom stereocenters. The summed E-state index contributed by atoms with van der Waals surface area (Å²) in [6.45, 7) is 3.28. The Hall–Kier alpha value is -1.98. The Balaban J connectivity index is 1.82. The smallest absolute Gasteiger partial charge is 0.319 e. The van der Waals surface area contributed by atoms with Crippen LogP contribution in [0.2, 0.25) is 5.02 Å². The van der Waals surface area contributed by atoms with E-state index in [-0.39, 0.29) is 6.61 Å². The van der Waals surface area contributed by atoms with Crippen LogP contribution in [0, 0.1) is 6.92 Å². The molecule has 2 aromatic carbocycles. The molecule has 0 aliphatic rings. The van der Waals surface area contributed by atoms with Gasteiger partial charge in [-0.3, -0.25) is 9.59 Å². The molecule has 0 bridgehead atoms. The summed E-state index contributed by atoms with van der Waals surface area (Å²) in [5, 5.41) is 2.82. The zero-order valence-electron chi connectivity index (χ0n) is 13.4. The molecule has 2 aromatic rings. The molecule has 6 heteroatoms. The van der Waals surface area contributed by atoms with Gasteiger partial charge in [-0.05, 0) is 43.7 Å². The van der Waals surface area contributed by atoms with E-state index >= 15 is 0 Å². The molecule has 0 spiro atoms. The first-order valence-corrected chi connectivity index (χ1v) is 8.66. The Bertz CT molecular complexity index is 721. The second kappa shape index (κ2) is 8.76. The minimum atomic E-state index is -0.429. The van der Waals surface area contributed by atoms with E-state index < -0.39 is 17.1 Å². The van der Waals surface area contributed by atoms with Crippen LogP contribution in [-0.2, 0) is 14.3 Å². The number of thioether (sulfide) groups is 1. The minimum absolute atomic E-state index is 0.329. The zero-order valence-corrected chi connectivity index (χ0v) is 15.0. The van der Waals surface area contributed by atoms with Crippen molar-refractivity contribution < 1.29 is 14.3 Å². The van der Waals surface area contributed by atoms with Crippen LogP contribution in [0.25, 0.3) is 0 Å². The first kappa shape index (κ1) is 18.4. The molecule has 126 valence electrons. The van der Waals surface area contributed by atoms with Gasteiger partial charge in [0.25, 0.3) is 5.91 Å². The molecule has 0 aliphatic carbocycles. The van der Waals surface area contributed by atoms with E-state index in [4.69, 9.17) is 16.3 Å². The Morgan fingerprint density at radius 3 is 2.62 bits per heavy atom. The third-order valence-electron chi connectivity index (χ3n) is 3.21. The van der Waals surface area contributed by atoms with Crippen molar-refractivity contribution in [2.24, 2.45) is 0 Å². The van der Waals surface area contributed by atoms with Crippen molar-refractivity contribution in [3.63, 3.8) is 0 Å². The van der Waals surface area contributed by atoms with Crippen LogP contribution in [0.15, 0.2) is 53.4 Å². The number of amides is 1. The molecule has 0 aromatic heterocycles. The molecule has 0 heterocycles. The van der Waals surface area contributed by atoms with Gasteiger partial charge in [-0.15, -0.1) is 11.8 Å². The van der Waals surface area contributed by atoms with Crippen LogP contribution < -0.4 is 5.32 Å². The highest BCUT2D eigenvalue weighted by atomic mass is 35.5. The second-order valence-corrected chi connectivity index (χ2v) is 7.04. The highest BCUT2D eigenvalue weighted by Crippen LogP contribution is 2.23. The van der Waals surface area contributed by atoms with Gasteiger partial charge in [0.15, 0.2) is 6.61 Å². The Labute approximate surface area is 150 Å². The predicted molar refractivity (Wildman–Crippen MR) is 97.5 cm³/mol. The number of ether oxygens (including phenoxy) is 1. The normalized spacial score (nSPS) is 11.6. The lowest BCUT2D eigenvalue weighted by Gasteiger charge is -2.12. The first-order chi connectivity index (χ1) is 11.5. The average molecular weight is 364 g/mol. The SMILES string of the molecule is Cc1ccc(Cl)cc1NC(=O)COC(=O)[C@@H](C)Sc1ccccc1. The summed E-state index contributed by atoms with van der Waals surface area (Å²) >= 11 is 7.29. The maximum Gasteiger partial charge on any atom is 0.319 e. The van der Waals surface area contributed by atoms with E-state index in [1.807, 2.05) is 43.3 Å². The van der Waals surface area contributed by atoms with Crippen molar-refractivity contribution in [3.8, 4) is 0 Å². The molecule has 2 rings (SSSR count). The molecular weight excluding hydrogens is 346 g/mol. The molecule has 0 saturated heterocycles. The van der Waals surface area contributed by atoms with Crippen molar-refractivity contribution in [1.82, 2.24) is 0 Å². The molecule has 0 saturated carbocycles. The summed E-state index contributed by atoms with van der Waals surface area (Å²) in [6.07, 6.45) is 0. The highest BCUT2D eigenvalue weighted by molar-refractivity contribution is 8.00. The molecule has 0 aliphatic heterocycles. The molecular formula is C18H18ClNO3S. The summed E-state index contributed by atoms with van der Waals surface area (Å²) in [7, 11) is 0. The fourth-order valence-electron chi connectivity index (χ4n) is 1.92. The second-order valence-electron chi connectivity index (χ2n) is 5.19. The van der Waals surface area contributed by atoms with E-state index in [1.54, 1.807) is 19.1 Å². The largest absolute Gasteiger partial charge is 0.455 e. The molecule has 24 heavy (non-hydrogen) atoms.